The normalized spacial score (nSPS) is 10.2. The van der Waals surface area contributed by atoms with Crippen molar-refractivity contribution in [2.24, 2.45) is 0 Å². The molecule has 0 radical (unpaired) electrons. The third-order valence-corrected chi connectivity index (χ3v) is 4.02. The van der Waals surface area contributed by atoms with Crippen molar-refractivity contribution in [3.05, 3.63) is 0 Å². The van der Waals surface area contributed by atoms with Crippen molar-refractivity contribution in [3.8, 4) is 11.8 Å². The van der Waals surface area contributed by atoms with Crippen LogP contribution in [0.1, 0.15) is 96.8 Å². The van der Waals surface area contributed by atoms with Crippen LogP contribution in [0.2, 0.25) is 0 Å². The SMILES string of the molecule is CCCCCCOCCCCCCCCC#CCCCC(=O)OC. The molecule has 0 amide bonds. The summed E-state index contributed by atoms with van der Waals surface area (Å²) in [6, 6.07) is 0. The zero-order valence-corrected chi connectivity index (χ0v) is 16.0. The lowest BCUT2D eigenvalue weighted by Crippen LogP contribution is -1.98. The van der Waals surface area contributed by atoms with E-state index in [0.717, 1.165) is 32.5 Å². The highest BCUT2D eigenvalue weighted by molar-refractivity contribution is 5.69. The molecule has 0 rings (SSSR count). The highest BCUT2D eigenvalue weighted by Gasteiger charge is 1.97. The lowest BCUT2D eigenvalue weighted by molar-refractivity contribution is -0.140. The van der Waals surface area contributed by atoms with Crippen molar-refractivity contribution in [3.63, 3.8) is 0 Å². The molecule has 140 valence electrons. The minimum atomic E-state index is -0.140. The van der Waals surface area contributed by atoms with Crippen LogP contribution in [0.3, 0.4) is 0 Å². The number of esters is 1. The molecule has 0 aromatic carbocycles. The van der Waals surface area contributed by atoms with E-state index in [-0.39, 0.29) is 5.97 Å². The van der Waals surface area contributed by atoms with Gasteiger partial charge in [0.1, 0.15) is 0 Å². The maximum Gasteiger partial charge on any atom is 0.305 e. The van der Waals surface area contributed by atoms with Crippen LogP contribution < -0.4 is 0 Å². The average molecular weight is 339 g/mol. The Morgan fingerprint density at radius 3 is 1.92 bits per heavy atom. The number of carbonyl (C=O) groups is 1. The van der Waals surface area contributed by atoms with E-state index in [2.05, 4.69) is 23.5 Å². The number of hydrogen-bond donors (Lipinski definition) is 0. The quantitative estimate of drug-likeness (QED) is 0.207. The van der Waals surface area contributed by atoms with Crippen LogP contribution >= 0.6 is 0 Å². The summed E-state index contributed by atoms with van der Waals surface area (Å²) in [5, 5.41) is 0. The zero-order valence-electron chi connectivity index (χ0n) is 16.0. The summed E-state index contributed by atoms with van der Waals surface area (Å²) < 4.78 is 10.2. The molecule has 0 fully saturated rings. The molecule has 3 heteroatoms. The molecule has 0 unspecified atom stereocenters. The van der Waals surface area contributed by atoms with Crippen molar-refractivity contribution in [2.75, 3.05) is 20.3 Å². The molecule has 0 aromatic rings. The number of hydrogen-bond acceptors (Lipinski definition) is 3. The van der Waals surface area contributed by atoms with Gasteiger partial charge in [0.25, 0.3) is 0 Å². The van der Waals surface area contributed by atoms with Gasteiger partial charge in [-0.1, -0.05) is 51.9 Å². The van der Waals surface area contributed by atoms with Crippen molar-refractivity contribution in [1.29, 1.82) is 0 Å². The van der Waals surface area contributed by atoms with Gasteiger partial charge in [-0.2, -0.15) is 0 Å². The number of ether oxygens (including phenoxy) is 2. The van der Waals surface area contributed by atoms with Gasteiger partial charge >= 0.3 is 5.97 Å². The standard InChI is InChI=1S/C21H38O3/c1-3-4-5-16-19-24-20-17-14-12-10-8-6-7-9-11-13-15-18-21(22)23-2/h3-8,10,12-20H2,1-2H3. The second kappa shape index (κ2) is 20.0. The van der Waals surface area contributed by atoms with Crippen molar-refractivity contribution in [2.45, 2.75) is 96.8 Å². The van der Waals surface area contributed by atoms with Gasteiger partial charge < -0.3 is 9.47 Å². The minimum Gasteiger partial charge on any atom is -0.469 e. The van der Waals surface area contributed by atoms with Crippen LogP contribution in [0, 0.1) is 11.8 Å². The molecular weight excluding hydrogens is 300 g/mol. The number of carbonyl (C=O) groups excluding carboxylic acids is 1. The van der Waals surface area contributed by atoms with E-state index in [0.29, 0.717) is 6.42 Å². The van der Waals surface area contributed by atoms with Crippen molar-refractivity contribution in [1.82, 2.24) is 0 Å². The molecule has 0 N–H and O–H groups in total. The van der Waals surface area contributed by atoms with E-state index in [9.17, 15) is 4.79 Å². The third-order valence-electron chi connectivity index (χ3n) is 4.02. The summed E-state index contributed by atoms with van der Waals surface area (Å²) in [4.78, 5) is 10.9. The lowest BCUT2D eigenvalue weighted by atomic mass is 10.1. The minimum absolute atomic E-state index is 0.140. The molecule has 0 saturated heterocycles. The molecule has 0 aliphatic carbocycles. The van der Waals surface area contributed by atoms with Crippen molar-refractivity contribution >= 4 is 5.97 Å². The number of methoxy groups -OCH3 is 1. The first-order chi connectivity index (χ1) is 11.8. The third kappa shape index (κ3) is 19.0. The molecular formula is C21H38O3. The lowest BCUT2D eigenvalue weighted by Gasteiger charge is -2.04. The van der Waals surface area contributed by atoms with Crippen LogP contribution in [-0.2, 0) is 14.3 Å². The van der Waals surface area contributed by atoms with E-state index in [1.165, 1.54) is 71.3 Å². The Labute approximate surface area is 149 Å². The highest BCUT2D eigenvalue weighted by atomic mass is 16.5. The molecule has 0 heterocycles. The molecule has 0 aliphatic rings. The summed E-state index contributed by atoms with van der Waals surface area (Å²) >= 11 is 0. The van der Waals surface area contributed by atoms with E-state index in [1.807, 2.05) is 0 Å². The molecule has 3 nitrogen and oxygen atoms in total. The molecule has 0 bridgehead atoms. The smallest absolute Gasteiger partial charge is 0.305 e. The second-order valence-corrected chi connectivity index (χ2v) is 6.33. The van der Waals surface area contributed by atoms with E-state index in [1.54, 1.807) is 0 Å². The summed E-state index contributed by atoms with van der Waals surface area (Å²) in [6.45, 7) is 4.11. The molecule has 24 heavy (non-hydrogen) atoms. The van der Waals surface area contributed by atoms with Gasteiger partial charge in [0, 0.05) is 32.5 Å². The van der Waals surface area contributed by atoms with Gasteiger partial charge in [-0.25, -0.2) is 0 Å². The van der Waals surface area contributed by atoms with Crippen LogP contribution in [0.5, 0.6) is 0 Å². The molecule has 0 aromatic heterocycles. The Bertz CT molecular complexity index is 328. The van der Waals surface area contributed by atoms with Gasteiger partial charge in [0.05, 0.1) is 7.11 Å². The Hall–Kier alpha value is -1.01. The average Bonchev–Trinajstić information content (AvgIpc) is 2.60. The van der Waals surface area contributed by atoms with E-state index < -0.39 is 0 Å². The van der Waals surface area contributed by atoms with Gasteiger partial charge in [-0.15, -0.1) is 11.8 Å². The van der Waals surface area contributed by atoms with Crippen LogP contribution in [-0.4, -0.2) is 26.3 Å². The zero-order chi connectivity index (χ0) is 17.7. The summed E-state index contributed by atoms with van der Waals surface area (Å²) in [5.41, 5.74) is 0. The number of rotatable bonds is 16. The molecule has 0 atom stereocenters. The van der Waals surface area contributed by atoms with Crippen LogP contribution in [0.25, 0.3) is 0 Å². The summed E-state index contributed by atoms with van der Waals surface area (Å²) in [7, 11) is 1.43. The van der Waals surface area contributed by atoms with E-state index >= 15 is 0 Å². The topological polar surface area (TPSA) is 35.5 Å². The highest BCUT2D eigenvalue weighted by Crippen LogP contribution is 2.07. The summed E-state index contributed by atoms with van der Waals surface area (Å²) in [6.07, 6.45) is 15.8. The van der Waals surface area contributed by atoms with Crippen molar-refractivity contribution < 1.29 is 14.3 Å². The van der Waals surface area contributed by atoms with Crippen LogP contribution in [0.15, 0.2) is 0 Å². The van der Waals surface area contributed by atoms with E-state index in [4.69, 9.17) is 4.74 Å². The maximum atomic E-state index is 10.9. The fourth-order valence-corrected chi connectivity index (χ4v) is 2.46. The van der Waals surface area contributed by atoms with Gasteiger partial charge in [-0.05, 0) is 25.7 Å². The Balaban J connectivity index is 3.11. The Kier molecular flexibility index (Phi) is 19.2. The van der Waals surface area contributed by atoms with Gasteiger partial charge in [0.2, 0.25) is 0 Å². The van der Waals surface area contributed by atoms with Gasteiger partial charge in [0.15, 0.2) is 0 Å². The fourth-order valence-electron chi connectivity index (χ4n) is 2.46. The second-order valence-electron chi connectivity index (χ2n) is 6.33. The largest absolute Gasteiger partial charge is 0.469 e. The van der Waals surface area contributed by atoms with Crippen LogP contribution in [0.4, 0.5) is 0 Å². The molecule has 0 saturated carbocycles. The van der Waals surface area contributed by atoms with Gasteiger partial charge in [-0.3, -0.25) is 4.79 Å². The monoisotopic (exact) mass is 338 g/mol. The Morgan fingerprint density at radius 1 is 0.750 bits per heavy atom. The molecule has 0 aliphatic heterocycles. The first kappa shape index (κ1) is 23.0. The fraction of sp³-hybridized carbons (Fsp3) is 0.857. The predicted molar refractivity (Wildman–Crippen MR) is 101 cm³/mol. The summed E-state index contributed by atoms with van der Waals surface area (Å²) in [5.74, 6) is 6.19. The predicted octanol–water partition coefficient (Wildman–Crippen LogP) is 5.66. The number of unbranched alkanes of at least 4 members (excludes halogenated alkanes) is 10. The Morgan fingerprint density at radius 2 is 1.29 bits per heavy atom. The maximum absolute atomic E-state index is 10.9. The first-order valence-corrected chi connectivity index (χ1v) is 9.91. The molecule has 0 spiro atoms. The first-order valence-electron chi connectivity index (χ1n) is 9.91.